The number of amides is 1. The van der Waals surface area contributed by atoms with E-state index in [9.17, 15) is 10.0 Å². The van der Waals surface area contributed by atoms with Crippen molar-refractivity contribution >= 4 is 11.7 Å². The third-order valence-corrected chi connectivity index (χ3v) is 5.97. The van der Waals surface area contributed by atoms with Crippen LogP contribution in [-0.2, 0) is 4.79 Å². The van der Waals surface area contributed by atoms with Gasteiger partial charge in [0, 0.05) is 12.6 Å². The molecule has 0 aromatic rings. The van der Waals surface area contributed by atoms with E-state index in [1.54, 1.807) is 0 Å². The Kier molecular flexibility index (Phi) is 4.09. The second-order valence-corrected chi connectivity index (χ2v) is 7.03. The molecule has 3 aliphatic rings. The van der Waals surface area contributed by atoms with Gasteiger partial charge < -0.3 is 15.8 Å². The first-order valence-electron chi connectivity index (χ1n) is 8.48. The second kappa shape index (κ2) is 5.85. The lowest BCUT2D eigenvalue weighted by atomic mass is 9.71. The topological polar surface area (TPSA) is 78.9 Å². The van der Waals surface area contributed by atoms with E-state index >= 15 is 0 Å². The summed E-state index contributed by atoms with van der Waals surface area (Å²) < 4.78 is 0. The Morgan fingerprint density at radius 1 is 1.10 bits per heavy atom. The van der Waals surface area contributed by atoms with Crippen molar-refractivity contribution in [2.45, 2.75) is 70.3 Å². The molecule has 1 saturated heterocycles. The molecule has 5 heteroatoms. The smallest absolute Gasteiger partial charge is 0.236 e. The molecule has 1 heterocycles. The number of piperidine rings is 1. The predicted molar refractivity (Wildman–Crippen MR) is 81.0 cm³/mol. The van der Waals surface area contributed by atoms with E-state index in [0.29, 0.717) is 12.0 Å². The number of carbonyl (C=O) groups is 1. The summed E-state index contributed by atoms with van der Waals surface area (Å²) in [6, 6.07) is 0.400. The van der Waals surface area contributed by atoms with Crippen LogP contribution >= 0.6 is 0 Å². The van der Waals surface area contributed by atoms with Crippen molar-refractivity contribution in [2.24, 2.45) is 22.2 Å². The molecular weight excluding hydrogens is 266 g/mol. The molecule has 0 radical (unpaired) electrons. The van der Waals surface area contributed by atoms with Crippen LogP contribution in [0.25, 0.3) is 0 Å². The molecule has 1 aliphatic heterocycles. The lowest BCUT2D eigenvalue weighted by Gasteiger charge is -2.44. The van der Waals surface area contributed by atoms with Gasteiger partial charge in [0.05, 0.1) is 0 Å². The Morgan fingerprint density at radius 2 is 1.81 bits per heavy atom. The quantitative estimate of drug-likeness (QED) is 0.355. The molecule has 118 valence electrons. The lowest BCUT2D eigenvalue weighted by molar-refractivity contribution is -0.144. The van der Waals surface area contributed by atoms with Crippen LogP contribution in [0.1, 0.15) is 64.2 Å². The minimum absolute atomic E-state index is 0.132. The molecule has 3 fully saturated rings. The van der Waals surface area contributed by atoms with Crippen LogP contribution in [-0.4, -0.2) is 34.4 Å². The summed E-state index contributed by atoms with van der Waals surface area (Å²) >= 11 is 0. The maximum absolute atomic E-state index is 13.3. The van der Waals surface area contributed by atoms with Crippen LogP contribution < -0.4 is 5.73 Å². The zero-order valence-corrected chi connectivity index (χ0v) is 12.8. The Morgan fingerprint density at radius 3 is 2.52 bits per heavy atom. The number of fused-ring (bicyclic) bond motifs is 1. The largest absolute Gasteiger partial charge is 0.409 e. The molecule has 2 aliphatic carbocycles. The van der Waals surface area contributed by atoms with Gasteiger partial charge in [0.15, 0.2) is 5.84 Å². The Bertz CT molecular complexity index is 429. The average Bonchev–Trinajstić information content (AvgIpc) is 3.02. The highest BCUT2D eigenvalue weighted by Gasteiger charge is 2.49. The molecule has 5 nitrogen and oxygen atoms in total. The SMILES string of the molecule is NC(=NO)C1(C(=O)N2CCCC3CCCC32)CCCCC1. The fourth-order valence-electron chi connectivity index (χ4n) is 4.81. The monoisotopic (exact) mass is 293 g/mol. The number of amidine groups is 1. The minimum Gasteiger partial charge on any atom is -0.409 e. The van der Waals surface area contributed by atoms with E-state index in [1.807, 2.05) is 0 Å². The fourth-order valence-corrected chi connectivity index (χ4v) is 4.81. The summed E-state index contributed by atoms with van der Waals surface area (Å²) in [5, 5.41) is 12.4. The highest BCUT2D eigenvalue weighted by atomic mass is 16.4. The van der Waals surface area contributed by atoms with Crippen molar-refractivity contribution in [2.75, 3.05) is 6.54 Å². The summed E-state index contributed by atoms with van der Waals surface area (Å²) in [4.78, 5) is 15.4. The average molecular weight is 293 g/mol. The maximum Gasteiger partial charge on any atom is 0.236 e. The van der Waals surface area contributed by atoms with Crippen molar-refractivity contribution in [1.82, 2.24) is 4.90 Å². The first-order chi connectivity index (χ1) is 10.2. The number of nitrogens with zero attached hydrogens (tertiary/aromatic N) is 2. The van der Waals surface area contributed by atoms with Gasteiger partial charge in [-0.25, -0.2) is 0 Å². The summed E-state index contributed by atoms with van der Waals surface area (Å²) in [7, 11) is 0. The minimum atomic E-state index is -0.739. The zero-order chi connectivity index (χ0) is 14.9. The van der Waals surface area contributed by atoms with Crippen molar-refractivity contribution < 1.29 is 10.0 Å². The zero-order valence-electron chi connectivity index (χ0n) is 12.8. The highest BCUT2D eigenvalue weighted by Crippen LogP contribution is 2.43. The van der Waals surface area contributed by atoms with Gasteiger partial charge >= 0.3 is 0 Å². The lowest BCUT2D eigenvalue weighted by Crippen LogP contribution is -2.57. The van der Waals surface area contributed by atoms with E-state index in [1.165, 1.54) is 19.3 Å². The Balaban J connectivity index is 1.86. The van der Waals surface area contributed by atoms with Gasteiger partial charge in [-0.05, 0) is 44.4 Å². The molecule has 2 unspecified atom stereocenters. The number of oxime groups is 1. The van der Waals surface area contributed by atoms with Gasteiger partial charge in [0.25, 0.3) is 0 Å². The third kappa shape index (κ3) is 2.40. The van der Waals surface area contributed by atoms with Gasteiger partial charge in [-0.3, -0.25) is 4.79 Å². The van der Waals surface area contributed by atoms with Crippen LogP contribution in [0.2, 0.25) is 0 Å². The second-order valence-electron chi connectivity index (χ2n) is 7.03. The van der Waals surface area contributed by atoms with Gasteiger partial charge in [0.1, 0.15) is 5.41 Å². The normalized spacial score (nSPS) is 32.8. The first kappa shape index (κ1) is 14.7. The van der Waals surface area contributed by atoms with E-state index in [0.717, 1.165) is 51.5 Å². The van der Waals surface area contributed by atoms with Crippen molar-refractivity contribution in [3.8, 4) is 0 Å². The molecule has 3 N–H and O–H groups in total. The van der Waals surface area contributed by atoms with Crippen LogP contribution in [0, 0.1) is 11.3 Å². The number of hydrogen-bond donors (Lipinski definition) is 2. The third-order valence-electron chi connectivity index (χ3n) is 5.97. The van der Waals surface area contributed by atoms with Gasteiger partial charge in [0.2, 0.25) is 5.91 Å². The molecule has 0 spiro atoms. The molecule has 21 heavy (non-hydrogen) atoms. The van der Waals surface area contributed by atoms with E-state index in [4.69, 9.17) is 5.73 Å². The molecular formula is C16H27N3O2. The predicted octanol–water partition coefficient (Wildman–Crippen LogP) is 2.47. The van der Waals surface area contributed by atoms with Crippen LogP contribution in [0.15, 0.2) is 5.16 Å². The maximum atomic E-state index is 13.3. The van der Waals surface area contributed by atoms with Crippen molar-refractivity contribution in [1.29, 1.82) is 0 Å². The van der Waals surface area contributed by atoms with E-state index < -0.39 is 5.41 Å². The number of hydrogen-bond acceptors (Lipinski definition) is 3. The molecule has 0 bridgehead atoms. The standard InChI is InChI=1S/C16H27N3O2/c17-14(18-21)16(9-2-1-3-10-16)15(20)19-11-5-7-12-6-4-8-13(12)19/h12-13,21H,1-11H2,(H2,17,18). The van der Waals surface area contributed by atoms with Crippen molar-refractivity contribution in [3.63, 3.8) is 0 Å². The first-order valence-corrected chi connectivity index (χ1v) is 8.48. The summed E-state index contributed by atoms with van der Waals surface area (Å²) in [5.41, 5.74) is 5.24. The summed E-state index contributed by atoms with van der Waals surface area (Å²) in [6.07, 6.45) is 10.5. The van der Waals surface area contributed by atoms with Gasteiger partial charge in [-0.2, -0.15) is 0 Å². The molecule has 3 rings (SSSR count). The van der Waals surface area contributed by atoms with Crippen molar-refractivity contribution in [3.05, 3.63) is 0 Å². The molecule has 2 atom stereocenters. The summed E-state index contributed by atoms with van der Waals surface area (Å²) in [6.45, 7) is 0.848. The number of nitrogens with two attached hydrogens (primary N) is 1. The Labute approximate surface area is 126 Å². The van der Waals surface area contributed by atoms with E-state index in [2.05, 4.69) is 10.1 Å². The molecule has 1 amide bonds. The van der Waals surface area contributed by atoms with Crippen LogP contribution in [0.5, 0.6) is 0 Å². The molecule has 2 saturated carbocycles. The molecule has 0 aromatic heterocycles. The number of likely N-dealkylation sites (tertiary alicyclic amines) is 1. The Hall–Kier alpha value is -1.26. The number of carbonyl (C=O) groups excluding carboxylic acids is 1. The number of rotatable bonds is 2. The molecule has 0 aromatic carbocycles. The van der Waals surface area contributed by atoms with Crippen LogP contribution in [0.3, 0.4) is 0 Å². The summed E-state index contributed by atoms with van der Waals surface area (Å²) in [5.74, 6) is 0.942. The fraction of sp³-hybridized carbons (Fsp3) is 0.875. The highest BCUT2D eigenvalue weighted by molar-refractivity contribution is 6.07. The van der Waals surface area contributed by atoms with Crippen LogP contribution in [0.4, 0.5) is 0 Å². The van der Waals surface area contributed by atoms with E-state index in [-0.39, 0.29) is 11.7 Å². The van der Waals surface area contributed by atoms with Gasteiger partial charge in [-0.1, -0.05) is 30.8 Å². The van der Waals surface area contributed by atoms with Gasteiger partial charge in [-0.15, -0.1) is 0 Å².